The van der Waals surface area contributed by atoms with Crippen molar-refractivity contribution in [3.63, 3.8) is 0 Å². The minimum absolute atomic E-state index is 0.0704. The Labute approximate surface area is 98.2 Å². The third-order valence-electron chi connectivity index (χ3n) is 2.64. The maximum atomic E-state index is 12.1. The summed E-state index contributed by atoms with van der Waals surface area (Å²) in [5, 5.41) is 0. The number of thioether (sulfide) groups is 1. The zero-order valence-electron chi connectivity index (χ0n) is 9.51. The van der Waals surface area contributed by atoms with Crippen molar-refractivity contribution in [2.75, 3.05) is 0 Å². The van der Waals surface area contributed by atoms with Crippen molar-refractivity contribution in [3.05, 3.63) is 29.8 Å². The fourth-order valence-corrected chi connectivity index (χ4v) is 1.90. The molecule has 1 atom stereocenters. The number of benzene rings is 1. The van der Waals surface area contributed by atoms with Gasteiger partial charge >= 0.3 is 5.51 Å². The summed E-state index contributed by atoms with van der Waals surface area (Å²) in [4.78, 5) is 0.243. The first-order chi connectivity index (χ1) is 7.29. The zero-order chi connectivity index (χ0) is 12.3. The van der Waals surface area contributed by atoms with Gasteiger partial charge in [-0.15, -0.1) is 0 Å². The average molecular weight is 248 g/mol. The van der Waals surface area contributed by atoms with Crippen LogP contribution in [-0.4, -0.2) is 5.51 Å². The molecule has 0 radical (unpaired) electrons. The summed E-state index contributed by atoms with van der Waals surface area (Å²) >= 11 is -0.0704. The topological polar surface area (TPSA) is 0 Å². The average Bonchev–Trinajstić information content (AvgIpc) is 2.15. The molecule has 0 saturated heterocycles. The standard InChI is InChI=1S/C12H15F3S/c1-8(2)9(3)10-4-6-11(7-5-10)16-12(13,14)15/h4-9H,1-3H3. The molecule has 0 saturated carbocycles. The van der Waals surface area contributed by atoms with E-state index in [0.717, 1.165) is 5.56 Å². The summed E-state index contributed by atoms with van der Waals surface area (Å²) in [6.07, 6.45) is 0. The summed E-state index contributed by atoms with van der Waals surface area (Å²) in [5.74, 6) is 0.853. The van der Waals surface area contributed by atoms with Gasteiger partial charge in [-0.25, -0.2) is 0 Å². The normalized spacial score (nSPS) is 14.2. The van der Waals surface area contributed by atoms with Crippen molar-refractivity contribution in [2.45, 2.75) is 37.1 Å². The van der Waals surface area contributed by atoms with E-state index in [1.54, 1.807) is 12.1 Å². The third kappa shape index (κ3) is 4.08. The predicted octanol–water partition coefficient (Wildman–Crippen LogP) is 5.06. The third-order valence-corrected chi connectivity index (χ3v) is 3.38. The van der Waals surface area contributed by atoms with Crippen molar-refractivity contribution < 1.29 is 13.2 Å². The van der Waals surface area contributed by atoms with Gasteiger partial charge in [-0.1, -0.05) is 32.9 Å². The van der Waals surface area contributed by atoms with Crippen LogP contribution in [0.15, 0.2) is 29.2 Å². The Kier molecular flexibility index (Phi) is 4.30. The quantitative estimate of drug-likeness (QED) is 0.674. The van der Waals surface area contributed by atoms with E-state index in [1.807, 2.05) is 0 Å². The molecule has 90 valence electrons. The Morgan fingerprint density at radius 1 is 1.00 bits per heavy atom. The lowest BCUT2D eigenvalue weighted by Gasteiger charge is -2.16. The molecule has 16 heavy (non-hydrogen) atoms. The van der Waals surface area contributed by atoms with Gasteiger partial charge in [0.2, 0.25) is 0 Å². The van der Waals surface area contributed by atoms with Crippen molar-refractivity contribution in [2.24, 2.45) is 5.92 Å². The molecule has 0 fully saturated rings. The van der Waals surface area contributed by atoms with Gasteiger partial charge in [0.05, 0.1) is 0 Å². The molecule has 0 aromatic heterocycles. The van der Waals surface area contributed by atoms with Gasteiger partial charge in [0, 0.05) is 4.90 Å². The molecule has 4 heteroatoms. The van der Waals surface area contributed by atoms with Crippen molar-refractivity contribution in [1.82, 2.24) is 0 Å². The van der Waals surface area contributed by atoms with Crippen LogP contribution in [0.25, 0.3) is 0 Å². The molecule has 0 aliphatic heterocycles. The second kappa shape index (κ2) is 5.13. The van der Waals surface area contributed by atoms with E-state index in [-0.39, 0.29) is 16.7 Å². The Morgan fingerprint density at radius 2 is 1.50 bits per heavy atom. The molecule has 1 aromatic rings. The monoisotopic (exact) mass is 248 g/mol. The smallest absolute Gasteiger partial charge is 0.160 e. The highest BCUT2D eigenvalue weighted by molar-refractivity contribution is 8.00. The number of hydrogen-bond acceptors (Lipinski definition) is 1. The lowest BCUT2D eigenvalue weighted by atomic mass is 9.90. The van der Waals surface area contributed by atoms with Gasteiger partial charge in [0.25, 0.3) is 0 Å². The first-order valence-electron chi connectivity index (χ1n) is 5.15. The highest BCUT2D eigenvalue weighted by Gasteiger charge is 2.29. The van der Waals surface area contributed by atoms with Gasteiger partial charge in [-0.05, 0) is 41.3 Å². The molecular formula is C12H15F3S. The van der Waals surface area contributed by atoms with Crippen molar-refractivity contribution >= 4 is 11.8 Å². The van der Waals surface area contributed by atoms with E-state index in [1.165, 1.54) is 12.1 Å². The number of alkyl halides is 3. The Hall–Kier alpha value is -0.640. The van der Waals surface area contributed by atoms with Crippen LogP contribution in [0, 0.1) is 5.92 Å². The van der Waals surface area contributed by atoms with Crippen LogP contribution >= 0.6 is 11.8 Å². The first kappa shape index (κ1) is 13.4. The fraction of sp³-hybridized carbons (Fsp3) is 0.500. The van der Waals surface area contributed by atoms with Crippen LogP contribution in [-0.2, 0) is 0 Å². The summed E-state index contributed by atoms with van der Waals surface area (Å²) < 4.78 is 36.3. The lowest BCUT2D eigenvalue weighted by Crippen LogP contribution is -2.02. The molecule has 0 amide bonds. The second-order valence-electron chi connectivity index (χ2n) is 4.15. The lowest BCUT2D eigenvalue weighted by molar-refractivity contribution is -0.0328. The molecule has 0 aliphatic carbocycles. The van der Waals surface area contributed by atoms with Gasteiger partial charge in [0.15, 0.2) is 0 Å². The molecule has 1 aromatic carbocycles. The minimum Gasteiger partial charge on any atom is -0.160 e. The van der Waals surface area contributed by atoms with E-state index in [9.17, 15) is 13.2 Å². The van der Waals surface area contributed by atoms with Crippen molar-refractivity contribution in [3.8, 4) is 0 Å². The highest BCUT2D eigenvalue weighted by atomic mass is 32.2. The Bertz CT molecular complexity index is 327. The van der Waals surface area contributed by atoms with Gasteiger partial charge in [-0.3, -0.25) is 0 Å². The zero-order valence-corrected chi connectivity index (χ0v) is 10.3. The molecule has 0 nitrogen and oxygen atoms in total. The molecule has 1 rings (SSSR count). The number of halogens is 3. The van der Waals surface area contributed by atoms with Crippen LogP contribution in [0.5, 0.6) is 0 Å². The molecule has 0 heterocycles. The predicted molar refractivity (Wildman–Crippen MR) is 61.6 cm³/mol. The van der Waals surface area contributed by atoms with Crippen LogP contribution in [0.4, 0.5) is 13.2 Å². The SMILES string of the molecule is CC(C)C(C)c1ccc(SC(F)(F)F)cc1. The Morgan fingerprint density at radius 3 is 1.88 bits per heavy atom. The molecule has 1 unspecified atom stereocenters. The molecule has 0 spiro atoms. The molecule has 0 bridgehead atoms. The van der Waals surface area contributed by atoms with Crippen LogP contribution < -0.4 is 0 Å². The van der Waals surface area contributed by atoms with E-state index < -0.39 is 5.51 Å². The first-order valence-corrected chi connectivity index (χ1v) is 5.97. The second-order valence-corrected chi connectivity index (χ2v) is 5.29. The summed E-state index contributed by atoms with van der Waals surface area (Å²) in [5.41, 5.74) is -3.12. The van der Waals surface area contributed by atoms with E-state index in [2.05, 4.69) is 20.8 Å². The van der Waals surface area contributed by atoms with E-state index >= 15 is 0 Å². The largest absolute Gasteiger partial charge is 0.446 e. The molecule has 0 aliphatic rings. The maximum Gasteiger partial charge on any atom is 0.446 e. The van der Waals surface area contributed by atoms with Crippen LogP contribution in [0.2, 0.25) is 0 Å². The van der Waals surface area contributed by atoms with Gasteiger partial charge < -0.3 is 0 Å². The van der Waals surface area contributed by atoms with Crippen LogP contribution in [0.1, 0.15) is 32.3 Å². The maximum absolute atomic E-state index is 12.1. The summed E-state index contributed by atoms with van der Waals surface area (Å²) in [7, 11) is 0. The van der Waals surface area contributed by atoms with Crippen LogP contribution in [0.3, 0.4) is 0 Å². The van der Waals surface area contributed by atoms with Gasteiger partial charge in [0.1, 0.15) is 0 Å². The van der Waals surface area contributed by atoms with Gasteiger partial charge in [-0.2, -0.15) is 13.2 Å². The van der Waals surface area contributed by atoms with E-state index in [4.69, 9.17) is 0 Å². The van der Waals surface area contributed by atoms with E-state index in [0.29, 0.717) is 11.8 Å². The number of hydrogen-bond donors (Lipinski definition) is 0. The molecule has 0 N–H and O–H groups in total. The summed E-state index contributed by atoms with van der Waals surface area (Å²) in [6, 6.07) is 6.62. The minimum atomic E-state index is -4.20. The molecular weight excluding hydrogens is 233 g/mol. The number of rotatable bonds is 3. The van der Waals surface area contributed by atoms with Crippen molar-refractivity contribution in [1.29, 1.82) is 0 Å². The highest BCUT2D eigenvalue weighted by Crippen LogP contribution is 2.37. The fourth-order valence-electron chi connectivity index (χ4n) is 1.36. The Balaban J connectivity index is 2.76. The summed E-state index contributed by atoms with van der Waals surface area (Å²) in [6.45, 7) is 6.28.